The number of anilines is 2. The van der Waals surface area contributed by atoms with Gasteiger partial charge in [0.05, 0.1) is 11.4 Å². The summed E-state index contributed by atoms with van der Waals surface area (Å²) in [6, 6.07) is 9.22. The molecule has 1 fully saturated rings. The van der Waals surface area contributed by atoms with Gasteiger partial charge in [-0.2, -0.15) is 0 Å². The summed E-state index contributed by atoms with van der Waals surface area (Å²) in [6.07, 6.45) is 5.23. The van der Waals surface area contributed by atoms with Crippen LogP contribution in [0.3, 0.4) is 0 Å². The van der Waals surface area contributed by atoms with Gasteiger partial charge in [0.2, 0.25) is 0 Å². The largest absolute Gasteiger partial charge is 0.381 e. The third kappa shape index (κ3) is 3.18. The summed E-state index contributed by atoms with van der Waals surface area (Å²) in [7, 11) is 4.20. The zero-order valence-electron chi connectivity index (χ0n) is 12.2. The van der Waals surface area contributed by atoms with Gasteiger partial charge in [0.15, 0.2) is 0 Å². The van der Waals surface area contributed by atoms with E-state index < -0.39 is 0 Å². The van der Waals surface area contributed by atoms with Crippen LogP contribution in [0.2, 0.25) is 0 Å². The molecule has 2 rings (SSSR count). The Morgan fingerprint density at radius 3 is 2.33 bits per heavy atom. The normalized spacial score (nSPS) is 19.6. The zero-order valence-corrected chi connectivity index (χ0v) is 12.2. The van der Waals surface area contributed by atoms with Gasteiger partial charge in [-0.05, 0) is 43.2 Å². The van der Waals surface area contributed by atoms with E-state index in [0.717, 1.165) is 0 Å². The van der Waals surface area contributed by atoms with Crippen LogP contribution in [0.1, 0.15) is 39.5 Å². The fourth-order valence-electron chi connectivity index (χ4n) is 2.75. The molecule has 0 heterocycles. The average Bonchev–Trinajstić information content (AvgIpc) is 2.32. The number of rotatable bonds is 3. The number of hydrogen-bond donors (Lipinski definition) is 1. The highest BCUT2D eigenvalue weighted by Gasteiger charge is 2.26. The SMILES string of the molecule is CN(C)c1ccccc1NC1CCC(C)(C)CC1. The van der Waals surface area contributed by atoms with Crippen molar-refractivity contribution >= 4 is 11.4 Å². The topological polar surface area (TPSA) is 15.3 Å². The fraction of sp³-hybridized carbons (Fsp3) is 0.625. The minimum absolute atomic E-state index is 0.541. The molecule has 1 N–H and O–H groups in total. The highest BCUT2D eigenvalue weighted by atomic mass is 15.1. The van der Waals surface area contributed by atoms with Gasteiger partial charge in [0.25, 0.3) is 0 Å². The second kappa shape index (κ2) is 5.21. The maximum atomic E-state index is 3.73. The van der Waals surface area contributed by atoms with E-state index in [1.54, 1.807) is 0 Å². The quantitative estimate of drug-likeness (QED) is 0.862. The monoisotopic (exact) mass is 246 g/mol. The van der Waals surface area contributed by atoms with E-state index in [0.29, 0.717) is 11.5 Å². The Hall–Kier alpha value is -1.18. The van der Waals surface area contributed by atoms with Crippen LogP contribution in [0.25, 0.3) is 0 Å². The van der Waals surface area contributed by atoms with Gasteiger partial charge in [0.1, 0.15) is 0 Å². The Kier molecular flexibility index (Phi) is 3.84. The first-order chi connectivity index (χ1) is 8.48. The zero-order chi connectivity index (χ0) is 13.2. The molecule has 0 saturated heterocycles. The lowest BCUT2D eigenvalue weighted by atomic mass is 9.75. The lowest BCUT2D eigenvalue weighted by Crippen LogP contribution is -2.30. The molecular formula is C16H26N2. The van der Waals surface area contributed by atoms with Crippen LogP contribution in [-0.4, -0.2) is 20.1 Å². The van der Waals surface area contributed by atoms with Crippen molar-refractivity contribution in [1.82, 2.24) is 0 Å². The van der Waals surface area contributed by atoms with E-state index in [1.165, 1.54) is 37.1 Å². The first-order valence-electron chi connectivity index (χ1n) is 7.01. The minimum Gasteiger partial charge on any atom is -0.381 e. The first-order valence-corrected chi connectivity index (χ1v) is 7.01. The maximum absolute atomic E-state index is 3.73. The molecule has 2 nitrogen and oxygen atoms in total. The van der Waals surface area contributed by atoms with Crippen molar-refractivity contribution in [2.24, 2.45) is 5.41 Å². The van der Waals surface area contributed by atoms with E-state index >= 15 is 0 Å². The minimum atomic E-state index is 0.541. The van der Waals surface area contributed by atoms with Crippen molar-refractivity contribution in [3.8, 4) is 0 Å². The molecule has 0 aliphatic heterocycles. The molecule has 1 aromatic carbocycles. The van der Waals surface area contributed by atoms with Crippen molar-refractivity contribution in [2.45, 2.75) is 45.6 Å². The van der Waals surface area contributed by atoms with E-state index in [-0.39, 0.29) is 0 Å². The molecule has 0 radical (unpaired) electrons. The summed E-state index contributed by atoms with van der Waals surface area (Å²) >= 11 is 0. The van der Waals surface area contributed by atoms with Crippen LogP contribution in [0, 0.1) is 5.41 Å². The van der Waals surface area contributed by atoms with Crippen LogP contribution in [0.5, 0.6) is 0 Å². The van der Waals surface area contributed by atoms with Crippen molar-refractivity contribution in [3.63, 3.8) is 0 Å². The third-order valence-corrected chi connectivity index (χ3v) is 4.08. The molecule has 2 heteroatoms. The van der Waals surface area contributed by atoms with E-state index in [1.807, 2.05) is 0 Å². The van der Waals surface area contributed by atoms with Gasteiger partial charge < -0.3 is 10.2 Å². The van der Waals surface area contributed by atoms with E-state index in [9.17, 15) is 0 Å². The van der Waals surface area contributed by atoms with Crippen LogP contribution in [0.4, 0.5) is 11.4 Å². The number of benzene rings is 1. The Morgan fingerprint density at radius 1 is 1.11 bits per heavy atom. The molecule has 1 saturated carbocycles. The van der Waals surface area contributed by atoms with Crippen molar-refractivity contribution in [2.75, 3.05) is 24.3 Å². The van der Waals surface area contributed by atoms with E-state index in [2.05, 4.69) is 62.4 Å². The molecule has 1 aliphatic carbocycles. The Balaban J connectivity index is 2.02. The molecule has 0 unspecified atom stereocenters. The predicted molar refractivity (Wildman–Crippen MR) is 80.4 cm³/mol. The van der Waals surface area contributed by atoms with Crippen molar-refractivity contribution in [3.05, 3.63) is 24.3 Å². The summed E-state index contributed by atoms with van der Waals surface area (Å²) in [4.78, 5) is 2.18. The number of hydrogen-bond acceptors (Lipinski definition) is 2. The van der Waals surface area contributed by atoms with Crippen molar-refractivity contribution in [1.29, 1.82) is 0 Å². The lowest BCUT2D eigenvalue weighted by molar-refractivity contribution is 0.232. The molecular weight excluding hydrogens is 220 g/mol. The van der Waals surface area contributed by atoms with Gasteiger partial charge in [-0.1, -0.05) is 26.0 Å². The van der Waals surface area contributed by atoms with Crippen LogP contribution >= 0.6 is 0 Å². The van der Waals surface area contributed by atoms with Gasteiger partial charge in [0, 0.05) is 20.1 Å². The molecule has 1 aliphatic rings. The third-order valence-electron chi connectivity index (χ3n) is 4.08. The molecule has 100 valence electrons. The summed E-state index contributed by atoms with van der Waals surface area (Å²) in [5.41, 5.74) is 3.09. The van der Waals surface area contributed by atoms with Crippen LogP contribution in [-0.2, 0) is 0 Å². The molecule has 18 heavy (non-hydrogen) atoms. The second-order valence-electron chi connectivity index (χ2n) is 6.49. The Morgan fingerprint density at radius 2 is 1.72 bits per heavy atom. The van der Waals surface area contributed by atoms with Crippen molar-refractivity contribution < 1.29 is 0 Å². The van der Waals surface area contributed by atoms with E-state index in [4.69, 9.17) is 0 Å². The molecule has 0 spiro atoms. The number of nitrogens with one attached hydrogen (secondary N) is 1. The van der Waals surface area contributed by atoms with Gasteiger partial charge in [-0.15, -0.1) is 0 Å². The Bertz CT molecular complexity index is 386. The van der Waals surface area contributed by atoms with Crippen LogP contribution in [0.15, 0.2) is 24.3 Å². The summed E-state index contributed by atoms with van der Waals surface area (Å²) in [5.74, 6) is 0. The summed E-state index contributed by atoms with van der Waals surface area (Å²) < 4.78 is 0. The molecule has 0 amide bonds. The van der Waals surface area contributed by atoms with Gasteiger partial charge in [-0.3, -0.25) is 0 Å². The van der Waals surface area contributed by atoms with Gasteiger partial charge >= 0.3 is 0 Å². The maximum Gasteiger partial charge on any atom is 0.0596 e. The van der Waals surface area contributed by atoms with Gasteiger partial charge in [-0.25, -0.2) is 0 Å². The average molecular weight is 246 g/mol. The summed E-state index contributed by atoms with van der Waals surface area (Å²) in [6.45, 7) is 4.77. The predicted octanol–water partition coefficient (Wildman–Crippen LogP) is 4.13. The number of para-hydroxylation sites is 2. The van der Waals surface area contributed by atoms with Crippen LogP contribution < -0.4 is 10.2 Å². The standard InChI is InChI=1S/C16H26N2/c1-16(2)11-9-13(10-12-16)17-14-7-5-6-8-15(14)18(3)4/h5-8,13,17H,9-12H2,1-4H3. The first kappa shape index (κ1) is 13.3. The molecule has 0 bridgehead atoms. The molecule has 1 aromatic rings. The molecule has 0 aromatic heterocycles. The second-order valence-corrected chi connectivity index (χ2v) is 6.49. The summed E-state index contributed by atoms with van der Waals surface area (Å²) in [5, 5.41) is 3.73. The molecule has 0 atom stereocenters. The smallest absolute Gasteiger partial charge is 0.0596 e. The number of nitrogens with zero attached hydrogens (tertiary/aromatic N) is 1. The highest BCUT2D eigenvalue weighted by molar-refractivity contribution is 5.69. The highest BCUT2D eigenvalue weighted by Crippen LogP contribution is 2.37. The Labute approximate surface area is 111 Å². The lowest BCUT2D eigenvalue weighted by Gasteiger charge is -2.35. The fourth-order valence-corrected chi connectivity index (χ4v) is 2.75.